The molecule has 0 fully saturated rings. The smallest absolute Gasteiger partial charge is 0.241 e. The van der Waals surface area contributed by atoms with Gasteiger partial charge in [-0.3, -0.25) is 9.59 Å². The molecule has 0 radical (unpaired) electrons. The lowest BCUT2D eigenvalue weighted by atomic mass is 10.2. The first-order valence-electron chi connectivity index (χ1n) is 5.46. The molecule has 4 N–H and O–H groups in total. The zero-order valence-electron chi connectivity index (χ0n) is 10.6. The molecule has 2 amide bonds. The van der Waals surface area contributed by atoms with Gasteiger partial charge in [0.25, 0.3) is 0 Å². The third-order valence-electron chi connectivity index (χ3n) is 2.19. The number of carbonyl (C=O) groups is 2. The van der Waals surface area contributed by atoms with Gasteiger partial charge in [-0.15, -0.1) is 0 Å². The van der Waals surface area contributed by atoms with Crippen LogP contribution >= 0.6 is 0 Å². The Morgan fingerprint density at radius 3 is 2.50 bits per heavy atom. The normalized spacial score (nSPS) is 11.6. The molecule has 0 unspecified atom stereocenters. The summed E-state index contributed by atoms with van der Waals surface area (Å²) in [5.41, 5.74) is 6.55. The first-order chi connectivity index (χ1) is 8.43. The van der Waals surface area contributed by atoms with Crippen LogP contribution in [0.15, 0.2) is 18.2 Å². The van der Waals surface area contributed by atoms with E-state index in [1.807, 2.05) is 0 Å². The predicted molar refractivity (Wildman–Crippen MR) is 69.6 cm³/mol. The number of anilines is 2. The molecule has 1 aromatic carbocycles. The maximum atomic E-state index is 11.4. The predicted octanol–water partition coefficient (Wildman–Crippen LogP) is 0.939. The molecule has 0 aliphatic heterocycles. The molecule has 0 spiro atoms. The minimum atomic E-state index is -0.592. The second-order valence-electron chi connectivity index (χ2n) is 3.87. The van der Waals surface area contributed by atoms with E-state index < -0.39 is 6.04 Å². The number of ether oxygens (including phenoxy) is 1. The van der Waals surface area contributed by atoms with Crippen molar-refractivity contribution in [2.24, 2.45) is 5.73 Å². The van der Waals surface area contributed by atoms with Gasteiger partial charge in [-0.2, -0.15) is 0 Å². The van der Waals surface area contributed by atoms with Gasteiger partial charge >= 0.3 is 0 Å². The second kappa shape index (κ2) is 6.02. The van der Waals surface area contributed by atoms with E-state index in [1.165, 1.54) is 14.0 Å². The summed E-state index contributed by atoms with van der Waals surface area (Å²) in [4.78, 5) is 22.4. The van der Waals surface area contributed by atoms with Crippen LogP contribution in [-0.4, -0.2) is 25.0 Å². The van der Waals surface area contributed by atoms with Crippen LogP contribution in [0.1, 0.15) is 13.8 Å². The van der Waals surface area contributed by atoms with E-state index in [1.54, 1.807) is 25.1 Å². The molecule has 1 atom stereocenters. The van der Waals surface area contributed by atoms with Gasteiger partial charge in [-0.1, -0.05) is 0 Å². The van der Waals surface area contributed by atoms with Crippen molar-refractivity contribution in [2.45, 2.75) is 19.9 Å². The van der Waals surface area contributed by atoms with E-state index in [4.69, 9.17) is 10.5 Å². The summed E-state index contributed by atoms with van der Waals surface area (Å²) >= 11 is 0. The molecular weight excluding hydrogens is 234 g/mol. The Kier molecular flexibility index (Phi) is 4.67. The molecule has 6 heteroatoms. The van der Waals surface area contributed by atoms with E-state index in [0.717, 1.165) is 0 Å². The van der Waals surface area contributed by atoms with Crippen LogP contribution in [0.2, 0.25) is 0 Å². The molecule has 18 heavy (non-hydrogen) atoms. The number of methoxy groups -OCH3 is 1. The van der Waals surface area contributed by atoms with Crippen molar-refractivity contribution in [3.05, 3.63) is 18.2 Å². The molecule has 6 nitrogen and oxygen atoms in total. The van der Waals surface area contributed by atoms with Crippen molar-refractivity contribution < 1.29 is 14.3 Å². The van der Waals surface area contributed by atoms with Gasteiger partial charge in [0.05, 0.1) is 18.8 Å². The monoisotopic (exact) mass is 251 g/mol. The van der Waals surface area contributed by atoms with Crippen LogP contribution in [0, 0.1) is 0 Å². The first-order valence-corrected chi connectivity index (χ1v) is 5.46. The Morgan fingerprint density at radius 1 is 1.33 bits per heavy atom. The zero-order chi connectivity index (χ0) is 13.7. The van der Waals surface area contributed by atoms with E-state index in [2.05, 4.69) is 10.6 Å². The van der Waals surface area contributed by atoms with Crippen LogP contribution in [-0.2, 0) is 9.59 Å². The molecule has 0 saturated heterocycles. The molecular formula is C12H17N3O3. The highest BCUT2D eigenvalue weighted by molar-refractivity contribution is 5.96. The molecule has 0 aliphatic rings. The van der Waals surface area contributed by atoms with E-state index in [9.17, 15) is 9.59 Å². The van der Waals surface area contributed by atoms with Crippen molar-refractivity contribution in [2.75, 3.05) is 17.7 Å². The van der Waals surface area contributed by atoms with E-state index in [-0.39, 0.29) is 11.8 Å². The van der Waals surface area contributed by atoms with Crippen LogP contribution in [0.4, 0.5) is 11.4 Å². The van der Waals surface area contributed by atoms with Crippen molar-refractivity contribution in [1.29, 1.82) is 0 Å². The van der Waals surface area contributed by atoms with E-state index in [0.29, 0.717) is 17.1 Å². The highest BCUT2D eigenvalue weighted by Crippen LogP contribution is 2.27. The number of amides is 2. The minimum absolute atomic E-state index is 0.194. The van der Waals surface area contributed by atoms with Crippen LogP contribution in [0.25, 0.3) is 0 Å². The summed E-state index contributed by atoms with van der Waals surface area (Å²) in [5.74, 6) is -0.0160. The van der Waals surface area contributed by atoms with Gasteiger partial charge in [0.1, 0.15) is 5.75 Å². The number of benzene rings is 1. The Morgan fingerprint density at radius 2 is 2.00 bits per heavy atom. The Balaban J connectivity index is 2.91. The first kappa shape index (κ1) is 14.0. The summed E-state index contributed by atoms with van der Waals surface area (Å²) in [5, 5.41) is 5.27. The van der Waals surface area contributed by atoms with E-state index >= 15 is 0 Å². The fraction of sp³-hybridized carbons (Fsp3) is 0.333. The topological polar surface area (TPSA) is 93.4 Å². The van der Waals surface area contributed by atoms with Crippen molar-refractivity contribution >= 4 is 23.2 Å². The van der Waals surface area contributed by atoms with Crippen molar-refractivity contribution in [3.8, 4) is 5.75 Å². The number of rotatable bonds is 4. The fourth-order valence-electron chi connectivity index (χ4n) is 1.32. The Hall–Kier alpha value is -2.08. The summed E-state index contributed by atoms with van der Waals surface area (Å²) in [6.45, 7) is 3.00. The van der Waals surface area contributed by atoms with Crippen molar-refractivity contribution in [3.63, 3.8) is 0 Å². The highest BCUT2D eigenvalue weighted by Gasteiger charge is 2.10. The van der Waals surface area contributed by atoms with Crippen LogP contribution in [0.5, 0.6) is 5.75 Å². The standard InChI is InChI=1S/C12H17N3O3/c1-7(13)12(17)15-9-4-5-10(14-8(2)16)11(6-9)18-3/h4-7H,13H2,1-3H3,(H,14,16)(H,15,17)/t7-/m1/s1. The number of nitrogens with one attached hydrogen (secondary N) is 2. The van der Waals surface area contributed by atoms with Crippen LogP contribution in [0.3, 0.4) is 0 Å². The summed E-state index contributed by atoms with van der Waals surface area (Å²) in [7, 11) is 1.48. The summed E-state index contributed by atoms with van der Waals surface area (Å²) in [6, 6.07) is 4.34. The van der Waals surface area contributed by atoms with Crippen molar-refractivity contribution in [1.82, 2.24) is 0 Å². The summed E-state index contributed by atoms with van der Waals surface area (Å²) in [6.07, 6.45) is 0. The number of carbonyl (C=O) groups excluding carboxylic acids is 2. The Bertz CT molecular complexity index is 458. The van der Waals surface area contributed by atoms with Gasteiger partial charge < -0.3 is 21.1 Å². The number of hydrogen-bond acceptors (Lipinski definition) is 4. The SMILES string of the molecule is COc1cc(NC(=O)[C@@H](C)N)ccc1NC(C)=O. The quantitative estimate of drug-likeness (QED) is 0.742. The Labute approximate surface area is 105 Å². The lowest BCUT2D eigenvalue weighted by molar-refractivity contribution is -0.117. The van der Waals surface area contributed by atoms with Gasteiger partial charge in [-0.05, 0) is 19.1 Å². The van der Waals surface area contributed by atoms with Gasteiger partial charge in [0, 0.05) is 18.7 Å². The average Bonchev–Trinajstić information content (AvgIpc) is 2.30. The molecule has 1 aromatic rings. The lowest BCUT2D eigenvalue weighted by Gasteiger charge is -2.12. The number of nitrogens with two attached hydrogens (primary N) is 1. The van der Waals surface area contributed by atoms with Gasteiger partial charge in [-0.25, -0.2) is 0 Å². The maximum Gasteiger partial charge on any atom is 0.241 e. The largest absolute Gasteiger partial charge is 0.494 e. The zero-order valence-corrected chi connectivity index (χ0v) is 10.6. The molecule has 0 aromatic heterocycles. The maximum absolute atomic E-state index is 11.4. The second-order valence-corrected chi connectivity index (χ2v) is 3.87. The third-order valence-corrected chi connectivity index (χ3v) is 2.19. The lowest BCUT2D eigenvalue weighted by Crippen LogP contribution is -2.32. The molecule has 98 valence electrons. The molecule has 0 saturated carbocycles. The molecule has 0 heterocycles. The average molecular weight is 251 g/mol. The molecule has 0 aliphatic carbocycles. The summed E-state index contributed by atoms with van der Waals surface area (Å²) < 4.78 is 5.13. The minimum Gasteiger partial charge on any atom is -0.494 e. The van der Waals surface area contributed by atoms with Gasteiger partial charge in [0.2, 0.25) is 11.8 Å². The molecule has 0 bridgehead atoms. The van der Waals surface area contributed by atoms with Crippen LogP contribution < -0.4 is 21.1 Å². The third kappa shape index (κ3) is 3.74. The number of hydrogen-bond donors (Lipinski definition) is 3. The van der Waals surface area contributed by atoms with Gasteiger partial charge in [0.15, 0.2) is 0 Å². The fourth-order valence-corrected chi connectivity index (χ4v) is 1.32. The highest BCUT2D eigenvalue weighted by atomic mass is 16.5. The molecule has 1 rings (SSSR count).